The lowest BCUT2D eigenvalue weighted by Crippen LogP contribution is -2.35. The minimum absolute atomic E-state index is 0.0854. The lowest BCUT2D eigenvalue weighted by molar-refractivity contribution is -0.119. The minimum atomic E-state index is -3.66. The molecule has 0 saturated carbocycles. The second kappa shape index (κ2) is 5.65. The number of hydrogen-bond donors (Lipinski definition) is 2. The average Bonchev–Trinajstić information content (AvgIpc) is 2.36. The predicted molar refractivity (Wildman–Crippen MR) is 62.2 cm³/mol. The van der Waals surface area contributed by atoms with Crippen molar-refractivity contribution in [2.75, 3.05) is 20.7 Å². The third-order valence-corrected chi connectivity index (χ3v) is 3.49. The Morgan fingerprint density at radius 1 is 1.29 bits per heavy atom. The number of carbonyl (C=O) groups excluding carboxylic acids is 1. The quantitative estimate of drug-likeness (QED) is 0.760. The van der Waals surface area contributed by atoms with Gasteiger partial charge in [-0.3, -0.25) is 4.79 Å². The van der Waals surface area contributed by atoms with Crippen LogP contribution >= 0.6 is 0 Å². The molecule has 2 N–H and O–H groups in total. The summed E-state index contributed by atoms with van der Waals surface area (Å²) in [6, 6.07) is 5.89. The Kier molecular flexibility index (Phi) is 4.47. The first-order valence-electron chi connectivity index (χ1n) is 4.84. The van der Waals surface area contributed by atoms with Crippen LogP contribution in [0.3, 0.4) is 0 Å². The number of hydrogen-bond acceptors (Lipinski definition) is 4. The first-order valence-corrected chi connectivity index (χ1v) is 6.32. The highest BCUT2D eigenvalue weighted by atomic mass is 32.2. The Morgan fingerprint density at radius 2 is 1.88 bits per heavy atom. The number of amides is 1. The molecule has 1 aromatic rings. The Bertz CT molecular complexity index is 482. The predicted octanol–water partition coefficient (Wildman–Crippen LogP) is -0.280. The van der Waals surface area contributed by atoms with Crippen LogP contribution in [0.1, 0.15) is 0 Å². The number of carbonyl (C=O) groups is 1. The Morgan fingerprint density at radius 3 is 2.35 bits per heavy atom. The Hall–Kier alpha value is -1.60. The molecule has 0 spiro atoms. The van der Waals surface area contributed by atoms with E-state index in [9.17, 15) is 13.2 Å². The summed E-state index contributed by atoms with van der Waals surface area (Å²) in [6.07, 6.45) is 0. The maximum Gasteiger partial charge on any atom is 0.241 e. The van der Waals surface area contributed by atoms with Gasteiger partial charge in [0.15, 0.2) is 0 Å². The summed E-state index contributed by atoms with van der Waals surface area (Å²) in [7, 11) is -0.729. The highest BCUT2D eigenvalue weighted by Gasteiger charge is 2.14. The summed E-state index contributed by atoms with van der Waals surface area (Å²) in [4.78, 5) is 11.0. The van der Waals surface area contributed by atoms with Gasteiger partial charge in [0.2, 0.25) is 15.9 Å². The van der Waals surface area contributed by atoms with E-state index in [-0.39, 0.29) is 11.4 Å². The number of benzene rings is 1. The third kappa shape index (κ3) is 3.72. The molecule has 0 aliphatic rings. The van der Waals surface area contributed by atoms with E-state index in [1.807, 2.05) is 0 Å². The number of likely N-dealkylation sites (N-methyl/N-ethyl adjacent to an activating group) is 1. The lowest BCUT2D eigenvalue weighted by Gasteiger charge is -2.06. The zero-order valence-corrected chi connectivity index (χ0v) is 10.4. The van der Waals surface area contributed by atoms with E-state index in [1.165, 1.54) is 38.4 Å². The van der Waals surface area contributed by atoms with E-state index in [2.05, 4.69) is 10.0 Å². The molecular formula is C10H14N2O4S. The molecule has 1 rings (SSSR count). The van der Waals surface area contributed by atoms with Crippen molar-refractivity contribution in [3.05, 3.63) is 24.3 Å². The molecule has 0 aliphatic heterocycles. The van der Waals surface area contributed by atoms with Gasteiger partial charge in [-0.2, -0.15) is 0 Å². The molecule has 0 radical (unpaired) electrons. The van der Waals surface area contributed by atoms with Crippen molar-refractivity contribution >= 4 is 15.9 Å². The van der Waals surface area contributed by atoms with Crippen LogP contribution in [0, 0.1) is 0 Å². The monoisotopic (exact) mass is 258 g/mol. The summed E-state index contributed by atoms with van der Waals surface area (Å²) < 4.78 is 30.5. The SMILES string of the molecule is CNC(=O)CNS(=O)(=O)c1ccc(OC)cc1. The highest BCUT2D eigenvalue weighted by Crippen LogP contribution is 2.14. The Labute approximate surface area is 100 Å². The van der Waals surface area contributed by atoms with E-state index in [4.69, 9.17) is 4.74 Å². The smallest absolute Gasteiger partial charge is 0.241 e. The summed E-state index contributed by atoms with van der Waals surface area (Å²) in [6.45, 7) is -0.287. The van der Waals surface area contributed by atoms with Gasteiger partial charge in [0, 0.05) is 7.05 Å². The zero-order chi connectivity index (χ0) is 12.9. The molecule has 17 heavy (non-hydrogen) atoms. The fourth-order valence-electron chi connectivity index (χ4n) is 1.09. The van der Waals surface area contributed by atoms with Crippen LogP contribution in [0.25, 0.3) is 0 Å². The molecule has 0 bridgehead atoms. The van der Waals surface area contributed by atoms with E-state index < -0.39 is 15.9 Å². The standard InChI is InChI=1S/C10H14N2O4S/c1-11-10(13)7-12-17(14,15)9-5-3-8(16-2)4-6-9/h3-6,12H,7H2,1-2H3,(H,11,13). The average molecular weight is 258 g/mol. The largest absolute Gasteiger partial charge is 0.497 e. The summed E-state index contributed by atoms with van der Waals surface area (Å²) in [5.41, 5.74) is 0. The van der Waals surface area contributed by atoms with Crippen molar-refractivity contribution in [2.24, 2.45) is 0 Å². The van der Waals surface area contributed by atoms with Crippen LogP contribution < -0.4 is 14.8 Å². The van der Waals surface area contributed by atoms with Gasteiger partial charge in [-0.15, -0.1) is 0 Å². The fraction of sp³-hybridized carbons (Fsp3) is 0.300. The van der Waals surface area contributed by atoms with Gasteiger partial charge in [-0.1, -0.05) is 0 Å². The van der Waals surface area contributed by atoms with Crippen LogP contribution in [-0.2, 0) is 14.8 Å². The third-order valence-electron chi connectivity index (χ3n) is 2.07. The van der Waals surface area contributed by atoms with Crippen molar-refractivity contribution in [1.29, 1.82) is 0 Å². The second-order valence-corrected chi connectivity index (χ2v) is 4.94. The van der Waals surface area contributed by atoms with Crippen molar-refractivity contribution in [3.8, 4) is 5.75 Å². The Balaban J connectivity index is 2.78. The molecule has 94 valence electrons. The van der Waals surface area contributed by atoms with Gasteiger partial charge in [0.25, 0.3) is 0 Å². The number of ether oxygens (including phenoxy) is 1. The van der Waals surface area contributed by atoms with Gasteiger partial charge in [-0.25, -0.2) is 13.1 Å². The lowest BCUT2D eigenvalue weighted by atomic mass is 10.3. The molecule has 6 nitrogen and oxygen atoms in total. The molecule has 0 heterocycles. The van der Waals surface area contributed by atoms with Crippen LogP contribution in [0.4, 0.5) is 0 Å². The number of nitrogens with one attached hydrogen (secondary N) is 2. The van der Waals surface area contributed by atoms with E-state index in [1.54, 1.807) is 0 Å². The maximum absolute atomic E-state index is 11.7. The van der Waals surface area contributed by atoms with Gasteiger partial charge < -0.3 is 10.1 Å². The number of rotatable bonds is 5. The van der Waals surface area contributed by atoms with Gasteiger partial charge >= 0.3 is 0 Å². The van der Waals surface area contributed by atoms with Gasteiger partial charge in [-0.05, 0) is 24.3 Å². The first kappa shape index (κ1) is 13.5. The highest BCUT2D eigenvalue weighted by molar-refractivity contribution is 7.89. The topological polar surface area (TPSA) is 84.5 Å². The summed E-state index contributed by atoms with van der Waals surface area (Å²) >= 11 is 0. The summed E-state index contributed by atoms with van der Waals surface area (Å²) in [5, 5.41) is 2.32. The molecule has 0 aromatic heterocycles. The number of methoxy groups -OCH3 is 1. The van der Waals surface area contributed by atoms with Crippen molar-refractivity contribution in [1.82, 2.24) is 10.0 Å². The fourth-order valence-corrected chi connectivity index (χ4v) is 2.07. The first-order chi connectivity index (χ1) is 7.99. The van der Waals surface area contributed by atoms with Crippen molar-refractivity contribution in [2.45, 2.75) is 4.90 Å². The van der Waals surface area contributed by atoms with Crippen LogP contribution in [0.5, 0.6) is 5.75 Å². The van der Waals surface area contributed by atoms with Crippen molar-refractivity contribution in [3.63, 3.8) is 0 Å². The molecule has 0 unspecified atom stereocenters. The van der Waals surface area contributed by atoms with Crippen LogP contribution in [-0.4, -0.2) is 35.0 Å². The van der Waals surface area contributed by atoms with E-state index >= 15 is 0 Å². The van der Waals surface area contributed by atoms with E-state index in [0.29, 0.717) is 5.75 Å². The molecule has 0 aliphatic carbocycles. The molecule has 1 amide bonds. The maximum atomic E-state index is 11.7. The second-order valence-electron chi connectivity index (χ2n) is 3.17. The molecule has 0 saturated heterocycles. The molecule has 7 heteroatoms. The molecule has 0 fully saturated rings. The summed E-state index contributed by atoms with van der Waals surface area (Å²) in [5.74, 6) is 0.164. The molecule has 0 atom stereocenters. The van der Waals surface area contributed by atoms with E-state index in [0.717, 1.165) is 0 Å². The van der Waals surface area contributed by atoms with Crippen LogP contribution in [0.2, 0.25) is 0 Å². The molecular weight excluding hydrogens is 244 g/mol. The van der Waals surface area contributed by atoms with Gasteiger partial charge in [0.05, 0.1) is 18.6 Å². The van der Waals surface area contributed by atoms with Crippen LogP contribution in [0.15, 0.2) is 29.2 Å². The van der Waals surface area contributed by atoms with Gasteiger partial charge in [0.1, 0.15) is 5.75 Å². The normalized spacial score (nSPS) is 10.9. The zero-order valence-electron chi connectivity index (χ0n) is 9.56. The number of sulfonamides is 1. The minimum Gasteiger partial charge on any atom is -0.497 e. The van der Waals surface area contributed by atoms with Crippen molar-refractivity contribution < 1.29 is 17.9 Å². The molecule has 1 aromatic carbocycles.